The molecule has 288 valence electrons. The molecule has 1 aliphatic rings. The number of anilines is 1. The van der Waals surface area contributed by atoms with Crippen molar-refractivity contribution in [2.75, 3.05) is 25.6 Å². The Labute approximate surface area is 306 Å². The highest BCUT2D eigenvalue weighted by Gasteiger charge is 2.59. The summed E-state index contributed by atoms with van der Waals surface area (Å²) in [6.07, 6.45) is -2.10. The molecule has 1 amide bonds. The Morgan fingerprint density at radius 3 is 1.92 bits per heavy atom. The molecule has 0 saturated carbocycles. The van der Waals surface area contributed by atoms with E-state index in [1.807, 2.05) is 24.3 Å². The lowest BCUT2D eigenvalue weighted by Gasteiger charge is -2.45. The average molecular weight is 769 g/mol. The van der Waals surface area contributed by atoms with Gasteiger partial charge in [-0.15, -0.1) is 0 Å². The predicted octanol–water partition coefficient (Wildman–Crippen LogP) is 7.27. The molecule has 2 heterocycles. The monoisotopic (exact) mass is 768 g/mol. The average Bonchev–Trinajstić information content (AvgIpc) is 3.32. The zero-order valence-electron chi connectivity index (χ0n) is 33.0. The van der Waals surface area contributed by atoms with Crippen molar-refractivity contribution in [1.82, 2.24) is 14.9 Å². The van der Waals surface area contributed by atoms with Gasteiger partial charge < -0.3 is 32.7 Å². The van der Waals surface area contributed by atoms with Crippen molar-refractivity contribution in [1.29, 1.82) is 0 Å². The zero-order valence-corrected chi connectivity index (χ0v) is 35.9. The first-order valence-corrected chi connectivity index (χ1v) is 25.1. The van der Waals surface area contributed by atoms with Crippen LogP contribution in [0.25, 0.3) is 0 Å². The van der Waals surface area contributed by atoms with Gasteiger partial charge in [0.1, 0.15) is 35.7 Å². The summed E-state index contributed by atoms with van der Waals surface area (Å²) in [5.41, 5.74) is 0.252. The number of nitrogens with zero attached hydrogens (tertiary/aromatic N) is 2. The number of nitrogens with one attached hydrogen (secondary N) is 2. The topological polar surface area (TPSA) is 148 Å². The number of ether oxygens (including phenoxy) is 2. The minimum absolute atomic E-state index is 0.116. The molecule has 2 aromatic rings. The normalized spacial score (nSPS) is 21.1. The highest BCUT2D eigenvalue weighted by molar-refractivity contribution is 7.54. The molecular weight excluding hydrogens is 708 g/mol. The van der Waals surface area contributed by atoms with Crippen LogP contribution in [0.3, 0.4) is 0 Å². The zero-order chi connectivity index (χ0) is 38.6. The van der Waals surface area contributed by atoms with Crippen molar-refractivity contribution in [3.63, 3.8) is 0 Å². The van der Waals surface area contributed by atoms with Gasteiger partial charge in [0.2, 0.25) is 5.91 Å². The van der Waals surface area contributed by atoms with Gasteiger partial charge in [0.25, 0.3) is 0 Å². The number of amides is 1. The number of aromatic nitrogens is 2. The van der Waals surface area contributed by atoms with Crippen LogP contribution in [0.2, 0.25) is 36.3 Å². The maximum Gasteiger partial charge on any atom is 0.351 e. The molecule has 51 heavy (non-hydrogen) atoms. The fourth-order valence-corrected chi connectivity index (χ4v) is 9.84. The molecule has 1 saturated heterocycles. The van der Waals surface area contributed by atoms with E-state index in [1.165, 1.54) is 23.8 Å². The van der Waals surface area contributed by atoms with Gasteiger partial charge in [0, 0.05) is 19.7 Å². The van der Waals surface area contributed by atoms with Gasteiger partial charge in [-0.3, -0.25) is 19.2 Å². The smallest absolute Gasteiger partial charge is 0.351 e. The molecule has 2 N–H and O–H groups in total. The summed E-state index contributed by atoms with van der Waals surface area (Å²) in [6.45, 7) is 26.8. The van der Waals surface area contributed by atoms with E-state index in [-0.39, 0.29) is 41.6 Å². The Hall–Kier alpha value is -2.21. The lowest BCUT2D eigenvalue weighted by atomic mass is 10.1. The highest BCUT2D eigenvalue weighted by atomic mass is 31.2. The quantitative estimate of drug-likeness (QED) is 0.131. The van der Waals surface area contributed by atoms with E-state index in [4.69, 9.17) is 27.4 Å². The van der Waals surface area contributed by atoms with Gasteiger partial charge in [-0.05, 0) is 73.9 Å². The minimum atomic E-state index is -3.96. The van der Waals surface area contributed by atoms with E-state index in [0.29, 0.717) is 5.75 Å². The fraction of sp³-hybridized carbons (Fsp3) is 0.686. The number of carbonyl (C=O) groups excluding carboxylic acids is 1. The van der Waals surface area contributed by atoms with Crippen molar-refractivity contribution in [3.8, 4) is 5.75 Å². The maximum atomic E-state index is 14.9. The van der Waals surface area contributed by atoms with Crippen LogP contribution in [0.4, 0.5) is 5.82 Å². The lowest BCUT2D eigenvalue weighted by molar-refractivity contribution is -0.114. The van der Waals surface area contributed by atoms with Crippen molar-refractivity contribution in [2.24, 2.45) is 0 Å². The fourth-order valence-electron chi connectivity index (χ4n) is 5.22. The SMILES string of the molecule is CCOP(=O)(OCC)[C@@H](NCc1ccc(OC)cc1)[C@H]1O[C@@H](n2ccc(NC(C)=O)nc2=O)[C@H](O[Si](C)(C)C(C)(C)C)[C@@H]1O[Si](C)(C)C(C)(C)C. The summed E-state index contributed by atoms with van der Waals surface area (Å²) in [6, 6.07) is 9.09. The number of methoxy groups -OCH3 is 1. The molecule has 1 aromatic heterocycles. The van der Waals surface area contributed by atoms with Gasteiger partial charge in [-0.2, -0.15) is 4.98 Å². The Balaban J connectivity index is 2.31. The van der Waals surface area contributed by atoms with Crippen molar-refractivity contribution >= 4 is 36.0 Å². The number of rotatable bonds is 16. The molecule has 0 spiro atoms. The standard InChI is InChI=1S/C35H61N4O9PSi2/c1-15-44-49(42,45-16-2)31(36-23-25-17-19-26(43-10)20-18-25)29-28(47-50(11,12)34(4,5)6)30(48-51(13,14)35(7,8)9)32(46-29)39-22-21-27(37-24(3)40)38-33(39)41/h17-22,28-32,36H,15-16,23H2,1-14H3,(H,37,38,40,41)/t28-,29+,30-,31-,32-/m1/s1. The second-order valence-electron chi connectivity index (χ2n) is 15.9. The molecule has 0 radical (unpaired) electrons. The molecule has 1 aliphatic heterocycles. The van der Waals surface area contributed by atoms with Crippen molar-refractivity contribution < 1.29 is 36.7 Å². The second kappa shape index (κ2) is 16.9. The van der Waals surface area contributed by atoms with Crippen LogP contribution in [0.5, 0.6) is 5.75 Å². The van der Waals surface area contributed by atoms with Gasteiger partial charge in [0.15, 0.2) is 22.9 Å². The van der Waals surface area contributed by atoms with E-state index in [2.05, 4.69) is 83.3 Å². The highest BCUT2D eigenvalue weighted by Crippen LogP contribution is 2.57. The summed E-state index contributed by atoms with van der Waals surface area (Å²) < 4.78 is 55.0. The summed E-state index contributed by atoms with van der Waals surface area (Å²) in [7, 11) is -7.52. The number of carbonyl (C=O) groups is 1. The third-order valence-corrected chi connectivity index (χ3v) is 21.4. The molecule has 0 aliphatic carbocycles. The number of hydrogen-bond donors (Lipinski definition) is 2. The Morgan fingerprint density at radius 1 is 0.941 bits per heavy atom. The third-order valence-electron chi connectivity index (χ3n) is 10.1. The Kier molecular flexibility index (Phi) is 14.3. The summed E-state index contributed by atoms with van der Waals surface area (Å²) in [4.78, 5) is 29.6. The number of benzene rings is 1. The Morgan fingerprint density at radius 2 is 1.47 bits per heavy atom. The lowest BCUT2D eigenvalue weighted by Crippen LogP contribution is -2.56. The van der Waals surface area contributed by atoms with Gasteiger partial charge in [-0.1, -0.05) is 53.7 Å². The number of hydrogen-bond acceptors (Lipinski definition) is 11. The molecule has 13 nitrogen and oxygen atoms in total. The van der Waals surface area contributed by atoms with Gasteiger partial charge in [-0.25, -0.2) is 4.79 Å². The van der Waals surface area contributed by atoms with E-state index >= 15 is 0 Å². The first-order valence-electron chi connectivity index (χ1n) is 17.6. The molecule has 5 atom stereocenters. The first kappa shape index (κ1) is 43.2. The molecular formula is C35H61N4O9PSi2. The van der Waals surface area contributed by atoms with Crippen LogP contribution in [0.1, 0.15) is 74.1 Å². The van der Waals surface area contributed by atoms with Crippen LogP contribution >= 0.6 is 7.60 Å². The second-order valence-corrected chi connectivity index (χ2v) is 27.6. The molecule has 1 fully saturated rings. The van der Waals surface area contributed by atoms with Crippen LogP contribution in [-0.4, -0.2) is 76.5 Å². The summed E-state index contributed by atoms with van der Waals surface area (Å²) in [5, 5.41) is 5.61. The molecule has 3 rings (SSSR count). The first-order chi connectivity index (χ1) is 23.5. The maximum absolute atomic E-state index is 14.9. The van der Waals surface area contributed by atoms with E-state index < -0.39 is 60.2 Å². The molecule has 1 aromatic carbocycles. The molecule has 16 heteroatoms. The third kappa shape index (κ3) is 10.5. The molecule has 0 bridgehead atoms. The summed E-state index contributed by atoms with van der Waals surface area (Å²) >= 11 is 0. The van der Waals surface area contributed by atoms with E-state index in [0.717, 1.165) is 5.56 Å². The predicted molar refractivity (Wildman–Crippen MR) is 205 cm³/mol. The van der Waals surface area contributed by atoms with Gasteiger partial charge >= 0.3 is 13.3 Å². The van der Waals surface area contributed by atoms with Crippen molar-refractivity contribution in [2.45, 2.75) is 135 Å². The van der Waals surface area contributed by atoms with Crippen LogP contribution in [-0.2, 0) is 38.5 Å². The van der Waals surface area contributed by atoms with Crippen LogP contribution in [0.15, 0.2) is 41.3 Å². The van der Waals surface area contributed by atoms with Crippen molar-refractivity contribution in [3.05, 3.63) is 52.6 Å². The van der Waals surface area contributed by atoms with Crippen LogP contribution in [0, 0.1) is 0 Å². The van der Waals surface area contributed by atoms with Crippen LogP contribution < -0.4 is 21.1 Å². The molecule has 0 unspecified atom stereocenters. The minimum Gasteiger partial charge on any atom is -0.497 e. The Bertz CT molecular complexity index is 1560. The van der Waals surface area contributed by atoms with E-state index in [9.17, 15) is 14.2 Å². The van der Waals surface area contributed by atoms with Gasteiger partial charge in [0.05, 0.1) is 20.3 Å². The largest absolute Gasteiger partial charge is 0.497 e. The van der Waals surface area contributed by atoms with E-state index in [1.54, 1.807) is 21.0 Å². The summed E-state index contributed by atoms with van der Waals surface area (Å²) in [5.74, 6) is -0.562.